The second-order valence-electron chi connectivity index (χ2n) is 43.1. The number of carbonyl (C=O) groups excluding carboxylic acids is 6. The van der Waals surface area contributed by atoms with Gasteiger partial charge in [-0.3, -0.25) is 9.59 Å². The predicted molar refractivity (Wildman–Crippen MR) is 553 cm³/mol. The van der Waals surface area contributed by atoms with Crippen LogP contribution in [0.15, 0.2) is 122 Å². The van der Waals surface area contributed by atoms with Gasteiger partial charge in [-0.1, -0.05) is 206 Å². The molecule has 0 atom stereocenters. The Labute approximate surface area is 832 Å². The number of hydrogen-bond donors (Lipinski definition) is 0. The van der Waals surface area contributed by atoms with Crippen molar-refractivity contribution in [1.82, 2.24) is 0 Å². The molecule has 4 aromatic carbocycles. The van der Waals surface area contributed by atoms with E-state index in [2.05, 4.69) is 88.2 Å². The maximum atomic E-state index is 14.2. The van der Waals surface area contributed by atoms with Crippen molar-refractivity contribution in [2.45, 2.75) is 423 Å². The summed E-state index contributed by atoms with van der Waals surface area (Å²) in [7, 11) is 0. The van der Waals surface area contributed by atoms with E-state index in [9.17, 15) is 28.8 Å². The SMILES string of the molecule is C=CC(=O)OCCCCCCOc1ccc(C(=O)OC2(C#Cc3ccc(C#CC4(OC(=O)CCCCCCCCCCC(=O)OC5(C#Cc6ccc(C#CC7(OC(=O)c8ccc(OCCCCCCOC(=O)C=C)cc8)CCC(C8CCC(CCC)CC8)CC7)cc6)CCC(C6CCC(CCC)CC6)CC5)CCC(C5CCC(CCC)CC5)CC4)cc3)CCC(C3CCC(CCC)CC3)CC2)cc1. The van der Waals surface area contributed by atoms with E-state index < -0.39 is 34.3 Å². The lowest BCUT2D eigenvalue weighted by atomic mass is 9.67. The van der Waals surface area contributed by atoms with Crippen molar-refractivity contribution in [3.63, 3.8) is 0 Å². The fraction of sp³-hybridized carbons (Fsp3) is 0.661. The molecule has 0 heterocycles. The van der Waals surface area contributed by atoms with E-state index in [0.29, 0.717) is 123 Å². The molecule has 0 unspecified atom stereocenters. The molecular formula is C124H170O14. The minimum absolute atomic E-state index is 0.151. The van der Waals surface area contributed by atoms with Crippen LogP contribution in [0.3, 0.4) is 0 Å². The number of carbonyl (C=O) groups is 6. The van der Waals surface area contributed by atoms with Crippen LogP contribution in [0.4, 0.5) is 0 Å². The van der Waals surface area contributed by atoms with Crippen molar-refractivity contribution in [1.29, 1.82) is 0 Å². The van der Waals surface area contributed by atoms with Gasteiger partial charge in [0.2, 0.25) is 0 Å². The van der Waals surface area contributed by atoms with Crippen LogP contribution < -0.4 is 9.47 Å². The molecule has 8 fully saturated rings. The van der Waals surface area contributed by atoms with Gasteiger partial charge >= 0.3 is 35.8 Å². The number of benzene rings is 4. The standard InChI is InChI=1S/C124H170O14/c1-7-29-95-43-51-103(52-44-95)107-71-83-121(84-72-107,79-67-99-35-39-101(40-36-99)69-81-123(87-75-109(76-88-123)105-55-47-97(31-9-3)48-56-105)137-119(129)111-59-63-113(64-60-111)131-91-25-19-21-27-93-133-115(125)11-5)135-117(127)33-23-17-15-13-14-16-18-24-34-118(128)136-122(85-73-108(74-86-122)104-53-45-96(30-8-2)46-54-104)80-68-100-37-41-102(42-38-100)70-82-124(89-77-110(78-90-124)106-57-49-98(32-10-4)50-58-106)138-120(130)112-61-65-114(66-62-112)132-92-26-20-22-28-94-134-116(126)12-6/h11-12,35-42,59-66,95-98,103-110H,5-10,13-34,43-58,71-78,83-94H2,1-4H3. The minimum atomic E-state index is -0.917. The summed E-state index contributed by atoms with van der Waals surface area (Å²) >= 11 is 0. The van der Waals surface area contributed by atoms with Gasteiger partial charge in [0.05, 0.1) is 37.6 Å². The zero-order chi connectivity index (χ0) is 96.9. The molecular weight excluding hydrogens is 1710 g/mol. The average molecular weight is 1880 g/mol. The van der Waals surface area contributed by atoms with Gasteiger partial charge in [0.25, 0.3) is 0 Å². The first-order valence-corrected chi connectivity index (χ1v) is 55.6. The fourth-order valence-electron chi connectivity index (χ4n) is 24.7. The van der Waals surface area contributed by atoms with Crippen molar-refractivity contribution in [2.75, 3.05) is 26.4 Å². The summed E-state index contributed by atoms with van der Waals surface area (Å²) in [6, 6.07) is 30.7. The van der Waals surface area contributed by atoms with E-state index in [1.807, 2.05) is 72.8 Å². The highest BCUT2D eigenvalue weighted by Gasteiger charge is 2.46. The molecule has 0 aliphatic heterocycles. The molecule has 750 valence electrons. The van der Waals surface area contributed by atoms with E-state index in [1.54, 1.807) is 24.3 Å². The summed E-state index contributed by atoms with van der Waals surface area (Å²) in [5, 5.41) is 0. The first kappa shape index (κ1) is 108. The van der Waals surface area contributed by atoms with Crippen LogP contribution in [-0.2, 0) is 47.6 Å². The molecule has 0 aromatic heterocycles. The van der Waals surface area contributed by atoms with Crippen molar-refractivity contribution < 1.29 is 66.7 Å². The quantitative estimate of drug-likeness (QED) is 0.0134. The second-order valence-corrected chi connectivity index (χ2v) is 43.1. The smallest absolute Gasteiger partial charge is 0.339 e. The van der Waals surface area contributed by atoms with Crippen LogP contribution in [-0.4, -0.2) is 84.6 Å². The van der Waals surface area contributed by atoms with Crippen LogP contribution in [0.25, 0.3) is 0 Å². The Hall–Kier alpha value is -8.98. The van der Waals surface area contributed by atoms with Crippen molar-refractivity contribution in [3.8, 4) is 58.9 Å². The molecule has 0 saturated heterocycles. The highest BCUT2D eigenvalue weighted by Crippen LogP contribution is 2.50. The molecule has 0 bridgehead atoms. The highest BCUT2D eigenvalue weighted by atomic mass is 16.6. The van der Waals surface area contributed by atoms with Gasteiger partial charge in [0.15, 0.2) is 22.4 Å². The first-order valence-electron chi connectivity index (χ1n) is 55.6. The van der Waals surface area contributed by atoms with Gasteiger partial charge in [-0.2, -0.15) is 0 Å². The summed E-state index contributed by atoms with van der Waals surface area (Å²) in [6.45, 7) is 18.0. The average Bonchev–Trinajstić information content (AvgIpc) is 0.810. The fourth-order valence-corrected chi connectivity index (χ4v) is 24.7. The molecule has 14 heteroatoms. The first-order chi connectivity index (χ1) is 67.4. The maximum Gasteiger partial charge on any atom is 0.339 e. The van der Waals surface area contributed by atoms with Crippen molar-refractivity contribution >= 4 is 35.8 Å². The lowest BCUT2D eigenvalue weighted by molar-refractivity contribution is -0.159. The molecule has 8 aliphatic rings. The number of esters is 6. The molecule has 0 N–H and O–H groups in total. The monoisotopic (exact) mass is 1880 g/mol. The summed E-state index contributed by atoms with van der Waals surface area (Å²) in [6.07, 6.45) is 63.1. The molecule has 14 nitrogen and oxygen atoms in total. The van der Waals surface area contributed by atoms with Crippen molar-refractivity contribution in [2.24, 2.45) is 71.0 Å². The topological polar surface area (TPSA) is 176 Å². The molecule has 0 spiro atoms. The summed E-state index contributed by atoms with van der Waals surface area (Å²) in [5.74, 6) is 36.7. The third kappa shape index (κ3) is 35.6. The largest absolute Gasteiger partial charge is 0.494 e. The summed E-state index contributed by atoms with van der Waals surface area (Å²) in [4.78, 5) is 79.3. The van der Waals surface area contributed by atoms with Gasteiger partial charge < -0.3 is 37.9 Å². The molecule has 8 saturated carbocycles. The van der Waals surface area contributed by atoms with E-state index >= 15 is 0 Å². The number of ether oxygens (including phenoxy) is 8. The maximum absolute atomic E-state index is 14.2. The van der Waals surface area contributed by atoms with Crippen LogP contribution in [0.5, 0.6) is 11.5 Å². The Morgan fingerprint density at radius 2 is 0.507 bits per heavy atom. The normalized spacial score (nSPS) is 26.9. The highest BCUT2D eigenvalue weighted by molar-refractivity contribution is 5.91. The van der Waals surface area contributed by atoms with Crippen molar-refractivity contribution in [3.05, 3.63) is 156 Å². The Bertz CT molecular complexity index is 4320. The second kappa shape index (κ2) is 57.8. The van der Waals surface area contributed by atoms with Gasteiger partial charge in [0, 0.05) is 47.2 Å². The lowest BCUT2D eigenvalue weighted by Crippen LogP contribution is -2.39. The third-order valence-corrected chi connectivity index (χ3v) is 33.2. The Kier molecular flexibility index (Phi) is 45.2. The molecule has 8 aliphatic carbocycles. The van der Waals surface area contributed by atoms with Gasteiger partial charge in [-0.05, 0) is 410 Å². The molecule has 0 radical (unpaired) electrons. The predicted octanol–water partition coefficient (Wildman–Crippen LogP) is 30.0. The lowest BCUT2D eigenvalue weighted by Gasteiger charge is -2.41. The van der Waals surface area contributed by atoms with Gasteiger partial charge in [-0.15, -0.1) is 0 Å². The van der Waals surface area contributed by atoms with Crippen LogP contribution >= 0.6 is 0 Å². The van der Waals surface area contributed by atoms with E-state index in [1.165, 1.54) is 166 Å². The minimum Gasteiger partial charge on any atom is -0.494 e. The van der Waals surface area contributed by atoms with E-state index in [0.717, 1.165) is 238 Å². The summed E-state index contributed by atoms with van der Waals surface area (Å²) in [5.41, 5.74) is 0.816. The zero-order valence-electron chi connectivity index (χ0n) is 85.3. The van der Waals surface area contributed by atoms with E-state index in [4.69, 9.17) is 37.9 Å². The van der Waals surface area contributed by atoms with Gasteiger partial charge in [0.1, 0.15) is 11.5 Å². The molecule has 0 amide bonds. The Morgan fingerprint density at radius 3 is 0.754 bits per heavy atom. The van der Waals surface area contributed by atoms with E-state index in [-0.39, 0.29) is 23.9 Å². The molecule has 138 heavy (non-hydrogen) atoms. The third-order valence-electron chi connectivity index (χ3n) is 33.2. The molecule has 12 rings (SSSR count). The van der Waals surface area contributed by atoms with Crippen LogP contribution in [0.1, 0.15) is 443 Å². The van der Waals surface area contributed by atoms with Crippen LogP contribution in [0, 0.1) is 118 Å². The Balaban J connectivity index is 0.618. The number of hydrogen-bond acceptors (Lipinski definition) is 14. The Morgan fingerprint density at radius 1 is 0.283 bits per heavy atom. The number of unbranched alkanes of at least 4 members (excludes halogenated alkanes) is 13. The molecule has 4 aromatic rings. The number of rotatable bonds is 47. The zero-order valence-corrected chi connectivity index (χ0v) is 85.3. The summed E-state index contributed by atoms with van der Waals surface area (Å²) < 4.78 is 48.7. The van der Waals surface area contributed by atoms with Crippen LogP contribution in [0.2, 0.25) is 0 Å². The van der Waals surface area contributed by atoms with Gasteiger partial charge in [-0.25, -0.2) is 19.2 Å².